The molecule has 2 aromatic heterocycles. The van der Waals surface area contributed by atoms with Crippen molar-refractivity contribution in [2.45, 2.75) is 50.5 Å². The van der Waals surface area contributed by atoms with Gasteiger partial charge < -0.3 is 15.0 Å². The standard InChI is InChI=1S/C18H26N6O2/c1-22-16(5-6-20-22)18-15(9-17(25)24(18)14-3-4-14)19-10-13-11-21-23(12-13)7-8-26-2/h5-6,11-12,14-15,18-19H,3-4,7-10H2,1-2H3/t15-,18-/m1/s1. The Balaban J connectivity index is 1.47. The summed E-state index contributed by atoms with van der Waals surface area (Å²) >= 11 is 0. The summed E-state index contributed by atoms with van der Waals surface area (Å²) in [6, 6.07) is 2.55. The molecule has 2 aromatic rings. The Bertz CT molecular complexity index is 765. The predicted octanol–water partition coefficient (Wildman–Crippen LogP) is 0.857. The maximum atomic E-state index is 12.6. The van der Waals surface area contributed by atoms with Gasteiger partial charge in [-0.25, -0.2) is 0 Å². The SMILES string of the molecule is COCCn1cc(CN[C@@H]2CC(=O)N(C3CC3)[C@H]2c2ccnn2C)cn1. The van der Waals surface area contributed by atoms with Crippen LogP contribution in [0.2, 0.25) is 0 Å². The van der Waals surface area contributed by atoms with Crippen LogP contribution >= 0.6 is 0 Å². The number of carbonyl (C=O) groups excluding carboxylic acids is 1. The van der Waals surface area contributed by atoms with E-state index in [2.05, 4.69) is 20.4 Å². The first kappa shape index (κ1) is 17.2. The Hall–Kier alpha value is -2.19. The number of hydrogen-bond acceptors (Lipinski definition) is 5. The zero-order chi connectivity index (χ0) is 18.1. The topological polar surface area (TPSA) is 77.2 Å². The number of rotatable bonds is 8. The Labute approximate surface area is 153 Å². The number of carbonyl (C=O) groups is 1. The zero-order valence-corrected chi connectivity index (χ0v) is 15.3. The normalized spacial score (nSPS) is 23.2. The van der Waals surface area contributed by atoms with Crippen LogP contribution in [0.4, 0.5) is 0 Å². The second-order valence-corrected chi connectivity index (χ2v) is 7.15. The fourth-order valence-corrected chi connectivity index (χ4v) is 3.80. The number of nitrogens with zero attached hydrogens (tertiary/aromatic N) is 5. The van der Waals surface area contributed by atoms with Gasteiger partial charge in [-0.3, -0.25) is 14.2 Å². The van der Waals surface area contributed by atoms with Crippen LogP contribution in [0.3, 0.4) is 0 Å². The fraction of sp³-hybridized carbons (Fsp3) is 0.611. The van der Waals surface area contributed by atoms with Gasteiger partial charge >= 0.3 is 0 Å². The Morgan fingerprint density at radius 3 is 2.88 bits per heavy atom. The summed E-state index contributed by atoms with van der Waals surface area (Å²) in [7, 11) is 3.63. The molecule has 2 atom stereocenters. The van der Waals surface area contributed by atoms with Crippen LogP contribution in [0.1, 0.15) is 36.6 Å². The van der Waals surface area contributed by atoms with Gasteiger partial charge in [0.25, 0.3) is 0 Å². The number of nitrogens with one attached hydrogen (secondary N) is 1. The largest absolute Gasteiger partial charge is 0.383 e. The van der Waals surface area contributed by atoms with Crippen molar-refractivity contribution in [3.05, 3.63) is 35.9 Å². The maximum absolute atomic E-state index is 12.6. The van der Waals surface area contributed by atoms with Crippen molar-refractivity contribution in [2.24, 2.45) is 7.05 Å². The van der Waals surface area contributed by atoms with Gasteiger partial charge in [0, 0.05) is 57.2 Å². The Morgan fingerprint density at radius 2 is 2.19 bits per heavy atom. The summed E-state index contributed by atoms with van der Waals surface area (Å²) in [5.41, 5.74) is 2.21. The number of likely N-dealkylation sites (tertiary alicyclic amines) is 1. The number of aryl methyl sites for hydroxylation is 1. The first-order chi connectivity index (χ1) is 12.7. The Kier molecular flexibility index (Phi) is 4.78. The smallest absolute Gasteiger partial charge is 0.225 e. The molecule has 1 amide bonds. The lowest BCUT2D eigenvalue weighted by Gasteiger charge is -2.28. The zero-order valence-electron chi connectivity index (χ0n) is 15.3. The van der Waals surface area contributed by atoms with E-state index < -0.39 is 0 Å². The highest BCUT2D eigenvalue weighted by molar-refractivity contribution is 5.81. The molecule has 3 heterocycles. The molecule has 8 nitrogen and oxygen atoms in total. The first-order valence-corrected chi connectivity index (χ1v) is 9.20. The van der Waals surface area contributed by atoms with E-state index in [1.54, 1.807) is 13.3 Å². The minimum absolute atomic E-state index is 0.0473. The minimum atomic E-state index is 0.0473. The Morgan fingerprint density at radius 1 is 1.35 bits per heavy atom. The van der Waals surface area contributed by atoms with E-state index in [0.29, 0.717) is 25.6 Å². The van der Waals surface area contributed by atoms with Gasteiger partial charge in [0.05, 0.1) is 31.1 Å². The fourth-order valence-electron chi connectivity index (χ4n) is 3.80. The third kappa shape index (κ3) is 3.39. The molecule has 0 unspecified atom stereocenters. The molecule has 1 aliphatic carbocycles. The van der Waals surface area contributed by atoms with Crippen molar-refractivity contribution < 1.29 is 9.53 Å². The summed E-state index contributed by atoms with van der Waals surface area (Å²) in [5.74, 6) is 0.243. The molecule has 4 rings (SSSR count). The minimum Gasteiger partial charge on any atom is -0.383 e. The number of hydrogen-bond donors (Lipinski definition) is 1. The molecule has 1 N–H and O–H groups in total. The predicted molar refractivity (Wildman–Crippen MR) is 95.2 cm³/mol. The molecular weight excluding hydrogens is 332 g/mol. The molecule has 0 aromatic carbocycles. The van der Waals surface area contributed by atoms with Crippen LogP contribution in [0.15, 0.2) is 24.7 Å². The van der Waals surface area contributed by atoms with Gasteiger partial charge in [-0.1, -0.05) is 0 Å². The van der Waals surface area contributed by atoms with Crippen LogP contribution < -0.4 is 5.32 Å². The quantitative estimate of drug-likeness (QED) is 0.757. The summed E-state index contributed by atoms with van der Waals surface area (Å²) in [6.45, 7) is 2.08. The highest BCUT2D eigenvalue weighted by atomic mass is 16.5. The summed E-state index contributed by atoms with van der Waals surface area (Å²) in [5, 5.41) is 12.3. The molecule has 26 heavy (non-hydrogen) atoms. The average Bonchev–Trinajstić information content (AvgIpc) is 3.06. The van der Waals surface area contributed by atoms with E-state index in [9.17, 15) is 4.79 Å². The van der Waals surface area contributed by atoms with Gasteiger partial charge in [-0.05, 0) is 18.9 Å². The average molecular weight is 358 g/mol. The van der Waals surface area contributed by atoms with Crippen molar-refractivity contribution >= 4 is 5.91 Å². The third-order valence-corrected chi connectivity index (χ3v) is 5.25. The van der Waals surface area contributed by atoms with Crippen molar-refractivity contribution in [2.75, 3.05) is 13.7 Å². The van der Waals surface area contributed by atoms with Crippen LogP contribution in [-0.4, -0.2) is 56.2 Å². The van der Waals surface area contributed by atoms with E-state index in [-0.39, 0.29) is 18.0 Å². The molecule has 0 spiro atoms. The van der Waals surface area contributed by atoms with Crippen LogP contribution in [0, 0.1) is 0 Å². The number of methoxy groups -OCH3 is 1. The van der Waals surface area contributed by atoms with Crippen LogP contribution in [-0.2, 0) is 29.7 Å². The summed E-state index contributed by atoms with van der Waals surface area (Å²) in [4.78, 5) is 14.7. The molecule has 0 radical (unpaired) electrons. The van der Waals surface area contributed by atoms with Gasteiger partial charge in [0.2, 0.25) is 5.91 Å². The van der Waals surface area contributed by atoms with E-state index in [4.69, 9.17) is 4.74 Å². The molecular formula is C18H26N6O2. The molecule has 2 aliphatic rings. The van der Waals surface area contributed by atoms with Gasteiger partial charge in [0.1, 0.15) is 0 Å². The van der Waals surface area contributed by atoms with E-state index in [0.717, 1.165) is 30.6 Å². The van der Waals surface area contributed by atoms with Crippen LogP contribution in [0.25, 0.3) is 0 Å². The van der Waals surface area contributed by atoms with E-state index in [1.165, 1.54) is 0 Å². The van der Waals surface area contributed by atoms with Gasteiger partial charge in [0.15, 0.2) is 0 Å². The highest BCUT2D eigenvalue weighted by Gasteiger charge is 2.47. The number of amides is 1. The van der Waals surface area contributed by atoms with E-state index in [1.807, 2.05) is 34.9 Å². The first-order valence-electron chi connectivity index (χ1n) is 9.20. The van der Waals surface area contributed by atoms with Crippen molar-refractivity contribution in [1.29, 1.82) is 0 Å². The lowest BCUT2D eigenvalue weighted by molar-refractivity contribution is -0.129. The van der Waals surface area contributed by atoms with Crippen molar-refractivity contribution in [3.8, 4) is 0 Å². The summed E-state index contributed by atoms with van der Waals surface area (Å²) in [6.07, 6.45) is 8.46. The molecule has 8 heteroatoms. The van der Waals surface area contributed by atoms with Crippen LogP contribution in [0.5, 0.6) is 0 Å². The second-order valence-electron chi connectivity index (χ2n) is 7.15. The van der Waals surface area contributed by atoms with Crippen molar-refractivity contribution in [1.82, 2.24) is 29.8 Å². The lowest BCUT2D eigenvalue weighted by atomic mass is 10.1. The van der Waals surface area contributed by atoms with Gasteiger partial charge in [-0.15, -0.1) is 0 Å². The lowest BCUT2D eigenvalue weighted by Crippen LogP contribution is -2.38. The molecule has 1 saturated heterocycles. The highest BCUT2D eigenvalue weighted by Crippen LogP contribution is 2.41. The number of ether oxygens (including phenoxy) is 1. The van der Waals surface area contributed by atoms with Crippen molar-refractivity contribution in [3.63, 3.8) is 0 Å². The molecule has 1 aliphatic heterocycles. The second kappa shape index (κ2) is 7.20. The van der Waals surface area contributed by atoms with E-state index >= 15 is 0 Å². The molecule has 140 valence electrons. The number of aromatic nitrogens is 4. The molecule has 1 saturated carbocycles. The molecule has 2 fully saturated rings. The molecule has 0 bridgehead atoms. The monoisotopic (exact) mass is 358 g/mol. The third-order valence-electron chi connectivity index (χ3n) is 5.25. The van der Waals surface area contributed by atoms with Gasteiger partial charge in [-0.2, -0.15) is 10.2 Å². The summed E-state index contributed by atoms with van der Waals surface area (Å²) < 4.78 is 8.86. The maximum Gasteiger partial charge on any atom is 0.225 e.